The van der Waals surface area contributed by atoms with Crippen LogP contribution in [-0.4, -0.2) is 9.13 Å². The van der Waals surface area contributed by atoms with Gasteiger partial charge in [0.15, 0.2) is 0 Å². The van der Waals surface area contributed by atoms with Gasteiger partial charge in [0, 0.05) is 12.4 Å². The summed E-state index contributed by atoms with van der Waals surface area (Å²) < 4.78 is 5.03. The molecule has 2 aromatic carbocycles. The maximum absolute atomic E-state index is 2.51. The average Bonchev–Trinajstić information content (AvgIpc) is 3.45. The second kappa shape index (κ2) is 7.11. The first-order valence-electron chi connectivity index (χ1n) is 10.7. The molecule has 0 N–H and O–H groups in total. The first kappa shape index (κ1) is 18.1. The van der Waals surface area contributed by atoms with E-state index in [2.05, 4.69) is 108 Å². The van der Waals surface area contributed by atoms with E-state index in [9.17, 15) is 0 Å². The van der Waals surface area contributed by atoms with Crippen molar-refractivity contribution < 1.29 is 0 Å². The van der Waals surface area contributed by atoms with E-state index in [1.807, 2.05) is 0 Å². The van der Waals surface area contributed by atoms with Crippen molar-refractivity contribution in [3.8, 4) is 0 Å². The van der Waals surface area contributed by atoms with Gasteiger partial charge in [0.2, 0.25) is 0 Å². The molecule has 2 heterocycles. The summed E-state index contributed by atoms with van der Waals surface area (Å²) in [6, 6.07) is 22.0. The van der Waals surface area contributed by atoms with Crippen LogP contribution in [0.1, 0.15) is 39.5 Å². The zero-order chi connectivity index (χ0) is 19.8. The second-order valence-electron chi connectivity index (χ2n) is 8.12. The summed E-state index contributed by atoms with van der Waals surface area (Å²) in [4.78, 5) is 0. The van der Waals surface area contributed by atoms with Crippen LogP contribution in [0.2, 0.25) is 0 Å². The van der Waals surface area contributed by atoms with E-state index in [1.165, 1.54) is 27.4 Å². The van der Waals surface area contributed by atoms with Crippen molar-refractivity contribution >= 4 is 21.8 Å². The second-order valence-corrected chi connectivity index (χ2v) is 8.12. The fourth-order valence-electron chi connectivity index (χ4n) is 5.16. The molecular weight excluding hydrogens is 352 g/mol. The Morgan fingerprint density at radius 1 is 0.828 bits per heavy atom. The highest BCUT2D eigenvalue weighted by Crippen LogP contribution is 2.47. The normalized spacial score (nSPS) is 16.6. The molecule has 2 heteroatoms. The molecule has 29 heavy (non-hydrogen) atoms. The van der Waals surface area contributed by atoms with Gasteiger partial charge in [0.1, 0.15) is 5.66 Å². The highest BCUT2D eigenvalue weighted by Gasteiger charge is 2.42. The molecule has 0 fully saturated rings. The van der Waals surface area contributed by atoms with Crippen LogP contribution in [0.5, 0.6) is 0 Å². The van der Waals surface area contributed by atoms with Crippen LogP contribution < -0.4 is 0 Å². The van der Waals surface area contributed by atoms with Gasteiger partial charge in [0.05, 0.1) is 11.0 Å². The van der Waals surface area contributed by atoms with Gasteiger partial charge in [-0.05, 0) is 73.2 Å². The lowest BCUT2D eigenvalue weighted by Crippen LogP contribution is -2.39. The van der Waals surface area contributed by atoms with Gasteiger partial charge in [-0.25, -0.2) is 0 Å². The number of fused-ring (bicyclic) bond motifs is 2. The van der Waals surface area contributed by atoms with Crippen molar-refractivity contribution in [1.29, 1.82) is 0 Å². The van der Waals surface area contributed by atoms with Gasteiger partial charge in [-0.15, -0.1) is 0 Å². The molecule has 0 aliphatic heterocycles. The summed E-state index contributed by atoms with van der Waals surface area (Å²) in [5, 5.41) is 2.60. The molecule has 2 aromatic heterocycles. The van der Waals surface area contributed by atoms with E-state index in [4.69, 9.17) is 0 Å². The summed E-state index contributed by atoms with van der Waals surface area (Å²) in [5.41, 5.74) is 5.47. The third kappa shape index (κ3) is 2.70. The lowest BCUT2D eigenvalue weighted by Gasteiger charge is -2.37. The summed E-state index contributed by atoms with van der Waals surface area (Å²) in [7, 11) is 0. The maximum atomic E-state index is 2.51. The molecule has 5 rings (SSSR count). The zero-order valence-corrected chi connectivity index (χ0v) is 17.3. The van der Waals surface area contributed by atoms with E-state index in [1.54, 1.807) is 5.57 Å². The lowest BCUT2D eigenvalue weighted by molar-refractivity contribution is 0.300. The van der Waals surface area contributed by atoms with Crippen LogP contribution in [0.3, 0.4) is 0 Å². The van der Waals surface area contributed by atoms with Crippen molar-refractivity contribution in [2.45, 2.75) is 45.2 Å². The van der Waals surface area contributed by atoms with Crippen LogP contribution in [0.15, 0.2) is 96.4 Å². The SMILES string of the molecule is CC/C=C/CC1=C(C)C(n2ccc3ccccc32)(n2ccc3ccccc32)CC1. The number of rotatable bonds is 5. The van der Waals surface area contributed by atoms with Crippen molar-refractivity contribution in [1.82, 2.24) is 9.13 Å². The minimum Gasteiger partial charge on any atom is -0.320 e. The quantitative estimate of drug-likeness (QED) is 0.322. The molecule has 0 atom stereocenters. The molecular formula is C27H28N2. The highest BCUT2D eigenvalue weighted by atomic mass is 15.3. The molecule has 0 unspecified atom stereocenters. The van der Waals surface area contributed by atoms with Crippen LogP contribution in [0, 0.1) is 0 Å². The molecule has 0 amide bonds. The monoisotopic (exact) mass is 380 g/mol. The number of hydrogen-bond acceptors (Lipinski definition) is 0. The van der Waals surface area contributed by atoms with Gasteiger partial charge < -0.3 is 9.13 Å². The number of allylic oxidation sites excluding steroid dienone is 4. The molecule has 0 spiro atoms. The van der Waals surface area contributed by atoms with Crippen LogP contribution >= 0.6 is 0 Å². The van der Waals surface area contributed by atoms with E-state index in [0.717, 1.165) is 25.7 Å². The van der Waals surface area contributed by atoms with Crippen molar-refractivity contribution in [3.05, 3.63) is 96.4 Å². The van der Waals surface area contributed by atoms with Gasteiger partial charge in [0.25, 0.3) is 0 Å². The third-order valence-corrected chi connectivity index (χ3v) is 6.67. The lowest BCUT2D eigenvalue weighted by atomic mass is 9.99. The summed E-state index contributed by atoms with van der Waals surface area (Å²) in [6.07, 6.45) is 13.6. The molecule has 0 saturated heterocycles. The number of benzene rings is 2. The molecule has 0 radical (unpaired) electrons. The molecule has 0 saturated carbocycles. The zero-order valence-electron chi connectivity index (χ0n) is 17.3. The smallest absolute Gasteiger partial charge is 0.143 e. The Balaban J connectivity index is 1.78. The van der Waals surface area contributed by atoms with Crippen LogP contribution in [0.4, 0.5) is 0 Å². The third-order valence-electron chi connectivity index (χ3n) is 6.67. The number of nitrogens with zero attached hydrogens (tertiary/aromatic N) is 2. The topological polar surface area (TPSA) is 9.86 Å². The Kier molecular flexibility index (Phi) is 4.43. The van der Waals surface area contributed by atoms with Crippen LogP contribution in [-0.2, 0) is 5.66 Å². The molecule has 4 aromatic rings. The van der Waals surface area contributed by atoms with E-state index in [-0.39, 0.29) is 5.66 Å². The van der Waals surface area contributed by atoms with E-state index < -0.39 is 0 Å². The maximum Gasteiger partial charge on any atom is 0.143 e. The summed E-state index contributed by atoms with van der Waals surface area (Å²) in [5.74, 6) is 0. The number of aromatic nitrogens is 2. The Morgan fingerprint density at radius 2 is 1.41 bits per heavy atom. The fraction of sp³-hybridized carbons (Fsp3) is 0.259. The minimum atomic E-state index is -0.193. The standard InChI is InChI=1S/C27H28N2/c1-3-4-5-10-22-15-18-27(21(22)2,28-19-16-23-11-6-8-13-25(23)28)29-20-17-24-12-7-9-14-26(24)29/h4-9,11-14,16-17,19-20H,3,10,15,18H2,1-2H3/b5-4+. The van der Waals surface area contributed by atoms with Crippen LogP contribution in [0.25, 0.3) is 21.8 Å². The number of para-hydroxylation sites is 2. The first-order valence-corrected chi connectivity index (χ1v) is 10.7. The Morgan fingerprint density at radius 3 is 2.00 bits per heavy atom. The van der Waals surface area contributed by atoms with Gasteiger partial charge in [-0.1, -0.05) is 61.0 Å². The Bertz CT molecular complexity index is 1160. The van der Waals surface area contributed by atoms with Gasteiger partial charge in [-0.3, -0.25) is 0 Å². The summed E-state index contributed by atoms with van der Waals surface area (Å²) in [6.45, 7) is 4.56. The first-order chi connectivity index (χ1) is 14.3. The van der Waals surface area contributed by atoms with Gasteiger partial charge >= 0.3 is 0 Å². The molecule has 2 nitrogen and oxygen atoms in total. The fourth-order valence-corrected chi connectivity index (χ4v) is 5.16. The predicted molar refractivity (Wildman–Crippen MR) is 123 cm³/mol. The molecule has 1 aliphatic rings. The number of hydrogen-bond donors (Lipinski definition) is 0. The van der Waals surface area contributed by atoms with Crippen molar-refractivity contribution in [2.24, 2.45) is 0 Å². The predicted octanol–water partition coefficient (Wildman–Crippen LogP) is 7.26. The molecule has 0 bridgehead atoms. The molecule has 146 valence electrons. The minimum absolute atomic E-state index is 0.193. The largest absolute Gasteiger partial charge is 0.320 e. The molecule has 1 aliphatic carbocycles. The van der Waals surface area contributed by atoms with Crippen molar-refractivity contribution in [3.63, 3.8) is 0 Å². The van der Waals surface area contributed by atoms with E-state index in [0.29, 0.717) is 0 Å². The average molecular weight is 381 g/mol. The van der Waals surface area contributed by atoms with E-state index >= 15 is 0 Å². The summed E-state index contributed by atoms with van der Waals surface area (Å²) >= 11 is 0. The highest BCUT2D eigenvalue weighted by molar-refractivity contribution is 5.83. The van der Waals surface area contributed by atoms with Gasteiger partial charge in [-0.2, -0.15) is 0 Å². The van der Waals surface area contributed by atoms with Crippen molar-refractivity contribution in [2.75, 3.05) is 0 Å². The Labute approximate surface area is 172 Å². The Hall–Kier alpha value is -3.00.